The first-order chi connectivity index (χ1) is 9.71. The van der Waals surface area contributed by atoms with Gasteiger partial charge in [0.2, 0.25) is 5.95 Å². The summed E-state index contributed by atoms with van der Waals surface area (Å²) in [6, 6.07) is 10.0. The number of nitrogens with two attached hydrogens (primary N) is 1. The van der Waals surface area contributed by atoms with Gasteiger partial charge in [0.1, 0.15) is 11.6 Å². The van der Waals surface area contributed by atoms with Crippen molar-refractivity contribution in [2.75, 3.05) is 29.2 Å². The minimum absolute atomic E-state index is 0.259. The Kier molecular flexibility index (Phi) is 5.06. The molecular formula is C14H19N5S. The summed E-state index contributed by atoms with van der Waals surface area (Å²) in [5.41, 5.74) is 6.70. The van der Waals surface area contributed by atoms with Crippen molar-refractivity contribution in [1.29, 1.82) is 0 Å². The molecule has 20 heavy (non-hydrogen) atoms. The lowest BCUT2D eigenvalue weighted by molar-refractivity contribution is 0.967. The molecule has 4 N–H and O–H groups in total. The van der Waals surface area contributed by atoms with Crippen LogP contribution in [0.15, 0.2) is 35.2 Å². The molecule has 0 aliphatic rings. The lowest BCUT2D eigenvalue weighted by Gasteiger charge is -2.09. The van der Waals surface area contributed by atoms with Gasteiger partial charge in [-0.3, -0.25) is 0 Å². The summed E-state index contributed by atoms with van der Waals surface area (Å²) in [4.78, 5) is 9.57. The third-order valence-electron chi connectivity index (χ3n) is 2.66. The fraction of sp³-hybridized carbons (Fsp3) is 0.286. The molecular weight excluding hydrogens is 270 g/mol. The zero-order chi connectivity index (χ0) is 14.4. The summed E-state index contributed by atoms with van der Waals surface area (Å²) in [5, 5.41) is 6.44. The second-order valence-corrected chi connectivity index (χ2v) is 5.16. The Balaban J connectivity index is 2.12. The van der Waals surface area contributed by atoms with Gasteiger partial charge in [-0.05, 0) is 36.9 Å². The van der Waals surface area contributed by atoms with Crippen LogP contribution in [0.1, 0.15) is 13.3 Å². The number of hydrogen-bond acceptors (Lipinski definition) is 6. The van der Waals surface area contributed by atoms with Crippen LogP contribution < -0.4 is 16.4 Å². The maximum atomic E-state index is 5.72. The van der Waals surface area contributed by atoms with Gasteiger partial charge in [0.05, 0.1) is 0 Å². The number of nitrogen functional groups attached to an aromatic ring is 1. The zero-order valence-corrected chi connectivity index (χ0v) is 12.5. The third-order valence-corrected chi connectivity index (χ3v) is 3.41. The molecule has 0 saturated heterocycles. The predicted molar refractivity (Wildman–Crippen MR) is 86.7 cm³/mol. The van der Waals surface area contributed by atoms with E-state index in [1.165, 1.54) is 4.90 Å². The Bertz CT molecular complexity index is 556. The van der Waals surface area contributed by atoms with E-state index in [-0.39, 0.29) is 5.95 Å². The Labute approximate surface area is 123 Å². The van der Waals surface area contributed by atoms with Gasteiger partial charge in [-0.1, -0.05) is 6.92 Å². The molecule has 1 heterocycles. The molecule has 106 valence electrons. The van der Waals surface area contributed by atoms with E-state index in [9.17, 15) is 0 Å². The number of nitrogens with one attached hydrogen (secondary N) is 2. The van der Waals surface area contributed by atoms with E-state index in [1.54, 1.807) is 11.8 Å². The molecule has 0 radical (unpaired) electrons. The fourth-order valence-electron chi connectivity index (χ4n) is 1.70. The van der Waals surface area contributed by atoms with Crippen molar-refractivity contribution in [3.05, 3.63) is 30.3 Å². The number of rotatable bonds is 6. The summed E-state index contributed by atoms with van der Waals surface area (Å²) in [6.45, 7) is 2.96. The summed E-state index contributed by atoms with van der Waals surface area (Å²) in [5.74, 6) is 1.69. The molecule has 6 heteroatoms. The SMILES string of the molecule is CCCNc1cc(Nc2ccc(SC)cc2)nc(N)n1. The van der Waals surface area contributed by atoms with Gasteiger partial charge in [0.25, 0.3) is 0 Å². The molecule has 5 nitrogen and oxygen atoms in total. The maximum absolute atomic E-state index is 5.72. The van der Waals surface area contributed by atoms with Crippen molar-refractivity contribution in [1.82, 2.24) is 9.97 Å². The molecule has 0 spiro atoms. The van der Waals surface area contributed by atoms with Crippen LogP contribution in [0.2, 0.25) is 0 Å². The standard InChI is InChI=1S/C14H19N5S/c1-3-8-16-12-9-13(19-14(15)18-12)17-10-4-6-11(20-2)7-5-10/h4-7,9H,3,8H2,1-2H3,(H4,15,16,17,18,19). The number of anilines is 4. The summed E-state index contributed by atoms with van der Waals surface area (Å²) in [7, 11) is 0. The first-order valence-electron chi connectivity index (χ1n) is 6.50. The number of aromatic nitrogens is 2. The second-order valence-electron chi connectivity index (χ2n) is 4.28. The first-order valence-corrected chi connectivity index (χ1v) is 7.73. The Morgan fingerprint density at radius 2 is 1.85 bits per heavy atom. The summed E-state index contributed by atoms with van der Waals surface area (Å²) >= 11 is 1.71. The van der Waals surface area contributed by atoms with Crippen molar-refractivity contribution in [2.45, 2.75) is 18.2 Å². The van der Waals surface area contributed by atoms with Crippen LogP contribution >= 0.6 is 11.8 Å². The predicted octanol–water partition coefficient (Wildman–Crippen LogP) is 3.35. The van der Waals surface area contributed by atoms with Gasteiger partial charge >= 0.3 is 0 Å². The lowest BCUT2D eigenvalue weighted by atomic mass is 10.3. The highest BCUT2D eigenvalue weighted by atomic mass is 32.2. The molecule has 0 bridgehead atoms. The minimum atomic E-state index is 0.259. The fourth-order valence-corrected chi connectivity index (χ4v) is 2.10. The molecule has 2 rings (SSSR count). The van der Waals surface area contributed by atoms with E-state index in [0.29, 0.717) is 5.82 Å². The van der Waals surface area contributed by atoms with Gasteiger partial charge in [-0.15, -0.1) is 11.8 Å². The highest BCUT2D eigenvalue weighted by Gasteiger charge is 2.02. The van der Waals surface area contributed by atoms with Crippen LogP contribution in [0.5, 0.6) is 0 Å². The Morgan fingerprint density at radius 3 is 2.50 bits per heavy atom. The van der Waals surface area contributed by atoms with E-state index in [1.807, 2.05) is 18.2 Å². The molecule has 0 unspecified atom stereocenters. The van der Waals surface area contributed by atoms with Crippen molar-refractivity contribution in [2.24, 2.45) is 0 Å². The molecule has 0 fully saturated rings. The topological polar surface area (TPSA) is 75.9 Å². The van der Waals surface area contributed by atoms with Gasteiger partial charge < -0.3 is 16.4 Å². The minimum Gasteiger partial charge on any atom is -0.370 e. The quantitative estimate of drug-likeness (QED) is 0.708. The monoisotopic (exact) mass is 289 g/mol. The first kappa shape index (κ1) is 14.5. The molecule has 0 aliphatic carbocycles. The van der Waals surface area contributed by atoms with Crippen molar-refractivity contribution >= 4 is 35.0 Å². The van der Waals surface area contributed by atoms with Gasteiger partial charge in [-0.25, -0.2) is 0 Å². The largest absolute Gasteiger partial charge is 0.370 e. The smallest absolute Gasteiger partial charge is 0.223 e. The average Bonchev–Trinajstić information content (AvgIpc) is 2.45. The Morgan fingerprint density at radius 1 is 1.15 bits per heavy atom. The zero-order valence-electron chi connectivity index (χ0n) is 11.7. The highest BCUT2D eigenvalue weighted by Crippen LogP contribution is 2.21. The van der Waals surface area contributed by atoms with Crippen LogP contribution in [0.3, 0.4) is 0 Å². The summed E-state index contributed by atoms with van der Waals surface area (Å²) in [6.07, 6.45) is 3.09. The molecule has 2 aromatic rings. The number of hydrogen-bond donors (Lipinski definition) is 3. The normalized spacial score (nSPS) is 10.3. The molecule has 1 aromatic carbocycles. The summed E-state index contributed by atoms with van der Waals surface area (Å²) < 4.78 is 0. The van der Waals surface area contributed by atoms with Gasteiger partial charge in [-0.2, -0.15) is 9.97 Å². The maximum Gasteiger partial charge on any atom is 0.223 e. The molecule has 0 aliphatic heterocycles. The number of thioether (sulfide) groups is 1. The van der Waals surface area contributed by atoms with Crippen molar-refractivity contribution in [3.8, 4) is 0 Å². The van der Waals surface area contributed by atoms with E-state index in [0.717, 1.165) is 24.5 Å². The van der Waals surface area contributed by atoms with Crippen LogP contribution in [0, 0.1) is 0 Å². The number of nitrogens with zero attached hydrogens (tertiary/aromatic N) is 2. The van der Waals surface area contributed by atoms with Gasteiger partial charge in [0.15, 0.2) is 0 Å². The van der Waals surface area contributed by atoms with Gasteiger partial charge in [0, 0.05) is 23.2 Å². The highest BCUT2D eigenvalue weighted by molar-refractivity contribution is 7.98. The van der Waals surface area contributed by atoms with Crippen LogP contribution in [0.25, 0.3) is 0 Å². The van der Waals surface area contributed by atoms with Crippen LogP contribution in [-0.2, 0) is 0 Å². The number of benzene rings is 1. The molecule has 0 atom stereocenters. The van der Waals surface area contributed by atoms with E-state index in [4.69, 9.17) is 5.73 Å². The third kappa shape index (κ3) is 4.03. The molecule has 0 saturated carbocycles. The van der Waals surface area contributed by atoms with E-state index >= 15 is 0 Å². The Hall–Kier alpha value is -1.95. The van der Waals surface area contributed by atoms with Crippen LogP contribution in [-0.4, -0.2) is 22.8 Å². The average molecular weight is 289 g/mol. The van der Waals surface area contributed by atoms with Crippen LogP contribution in [0.4, 0.5) is 23.3 Å². The second kappa shape index (κ2) is 7.00. The molecule has 0 amide bonds. The lowest BCUT2D eigenvalue weighted by Crippen LogP contribution is -2.06. The van der Waals surface area contributed by atoms with E-state index < -0.39 is 0 Å². The van der Waals surface area contributed by atoms with Crippen molar-refractivity contribution < 1.29 is 0 Å². The molecule has 1 aromatic heterocycles. The van der Waals surface area contributed by atoms with Crippen molar-refractivity contribution in [3.63, 3.8) is 0 Å². The van der Waals surface area contributed by atoms with E-state index in [2.05, 4.69) is 45.9 Å².